The lowest BCUT2D eigenvalue weighted by Gasteiger charge is -2.16. The Labute approximate surface area is 110 Å². The number of hydrogen-bond acceptors (Lipinski definition) is 2. The van der Waals surface area contributed by atoms with Crippen molar-refractivity contribution in [2.45, 2.75) is 6.42 Å². The van der Waals surface area contributed by atoms with Crippen molar-refractivity contribution < 1.29 is 4.79 Å². The highest BCUT2D eigenvalue weighted by Crippen LogP contribution is 2.30. The van der Waals surface area contributed by atoms with Gasteiger partial charge in [-0.1, -0.05) is 0 Å². The Balaban J connectivity index is 2.32. The van der Waals surface area contributed by atoms with Crippen LogP contribution < -0.4 is 4.90 Å². The smallest absolute Gasteiger partial charge is 0.229 e. The van der Waals surface area contributed by atoms with Crippen LogP contribution >= 0.6 is 31.9 Å². The molecule has 0 radical (unpaired) electrons. The molecule has 1 saturated heterocycles. The minimum Gasteiger partial charge on any atom is -0.295 e. The molecule has 0 bridgehead atoms. The van der Waals surface area contributed by atoms with Gasteiger partial charge in [0.05, 0.1) is 4.47 Å². The topological polar surface area (TPSA) is 33.2 Å². The molecule has 16 heavy (non-hydrogen) atoms. The van der Waals surface area contributed by atoms with Crippen molar-refractivity contribution in [3.63, 3.8) is 0 Å². The SMILES string of the molecule is C#CC1CC(=O)N(c2ncc(Br)cc2Br)C1. The van der Waals surface area contributed by atoms with Crippen molar-refractivity contribution in [2.24, 2.45) is 5.92 Å². The number of carbonyl (C=O) groups is 1. The summed E-state index contributed by atoms with van der Waals surface area (Å²) in [5, 5.41) is 0. The predicted molar refractivity (Wildman–Crippen MR) is 68.9 cm³/mol. The fraction of sp³-hybridized carbons (Fsp3) is 0.273. The first-order chi connectivity index (χ1) is 7.61. The number of halogens is 2. The maximum atomic E-state index is 11.7. The van der Waals surface area contributed by atoms with E-state index >= 15 is 0 Å². The molecule has 82 valence electrons. The second kappa shape index (κ2) is 4.56. The van der Waals surface area contributed by atoms with Crippen LogP contribution in [0.5, 0.6) is 0 Å². The van der Waals surface area contributed by atoms with E-state index in [4.69, 9.17) is 6.42 Å². The van der Waals surface area contributed by atoms with Crippen LogP contribution in [0.15, 0.2) is 21.2 Å². The van der Waals surface area contributed by atoms with Crippen LogP contribution in [0.4, 0.5) is 5.82 Å². The average Bonchev–Trinajstić information content (AvgIpc) is 2.60. The van der Waals surface area contributed by atoms with E-state index in [2.05, 4.69) is 42.8 Å². The Morgan fingerprint density at radius 2 is 2.31 bits per heavy atom. The van der Waals surface area contributed by atoms with Crippen molar-refractivity contribution in [2.75, 3.05) is 11.4 Å². The van der Waals surface area contributed by atoms with Crippen LogP contribution in [0.3, 0.4) is 0 Å². The molecule has 1 aliphatic heterocycles. The van der Waals surface area contributed by atoms with Gasteiger partial charge < -0.3 is 0 Å². The molecule has 0 saturated carbocycles. The number of nitrogens with zero attached hydrogens (tertiary/aromatic N) is 2. The van der Waals surface area contributed by atoms with E-state index < -0.39 is 0 Å². The lowest BCUT2D eigenvalue weighted by atomic mass is 10.1. The van der Waals surface area contributed by atoms with E-state index in [-0.39, 0.29) is 11.8 Å². The number of anilines is 1. The van der Waals surface area contributed by atoms with Gasteiger partial charge in [-0.3, -0.25) is 9.69 Å². The number of terminal acetylenes is 1. The van der Waals surface area contributed by atoms with Crippen molar-refractivity contribution in [1.82, 2.24) is 4.98 Å². The van der Waals surface area contributed by atoms with Gasteiger partial charge in [0.25, 0.3) is 0 Å². The van der Waals surface area contributed by atoms with Crippen LogP contribution in [0, 0.1) is 18.3 Å². The number of pyridine rings is 1. The molecule has 1 fully saturated rings. The van der Waals surface area contributed by atoms with E-state index in [1.54, 1.807) is 11.1 Å². The van der Waals surface area contributed by atoms with Crippen molar-refractivity contribution in [3.05, 3.63) is 21.2 Å². The van der Waals surface area contributed by atoms with Crippen LogP contribution in [-0.2, 0) is 4.79 Å². The van der Waals surface area contributed by atoms with Crippen LogP contribution in [0.2, 0.25) is 0 Å². The molecular formula is C11H8Br2N2O. The molecule has 1 unspecified atom stereocenters. The molecule has 0 N–H and O–H groups in total. The zero-order valence-corrected chi connectivity index (χ0v) is 11.5. The summed E-state index contributed by atoms with van der Waals surface area (Å²) in [6, 6.07) is 1.86. The van der Waals surface area contributed by atoms with Gasteiger partial charge in [0.1, 0.15) is 5.82 Å². The van der Waals surface area contributed by atoms with Crippen LogP contribution in [-0.4, -0.2) is 17.4 Å². The van der Waals surface area contributed by atoms with E-state index in [1.807, 2.05) is 6.07 Å². The highest BCUT2D eigenvalue weighted by atomic mass is 79.9. The molecule has 2 heterocycles. The van der Waals surface area contributed by atoms with Gasteiger partial charge in [-0.25, -0.2) is 4.98 Å². The monoisotopic (exact) mass is 342 g/mol. The minimum absolute atomic E-state index is 0.00940. The predicted octanol–water partition coefficient (Wildman–Crippen LogP) is 2.59. The average molecular weight is 344 g/mol. The second-order valence-corrected chi connectivity index (χ2v) is 5.30. The highest BCUT2D eigenvalue weighted by Gasteiger charge is 2.31. The number of hydrogen-bond donors (Lipinski definition) is 0. The Morgan fingerprint density at radius 3 is 2.88 bits per heavy atom. The maximum Gasteiger partial charge on any atom is 0.229 e. The van der Waals surface area contributed by atoms with Crippen molar-refractivity contribution in [1.29, 1.82) is 0 Å². The van der Waals surface area contributed by atoms with Gasteiger partial charge in [0.15, 0.2) is 0 Å². The van der Waals surface area contributed by atoms with Crippen molar-refractivity contribution >= 4 is 43.6 Å². The number of amides is 1. The standard InChI is InChI=1S/C11H8Br2N2O/c1-2-7-3-10(16)15(6-7)11-9(13)4-8(12)5-14-11/h1,4-5,7H,3,6H2. The number of aromatic nitrogens is 1. The third kappa shape index (κ3) is 2.13. The van der Waals surface area contributed by atoms with E-state index in [0.717, 1.165) is 8.95 Å². The van der Waals surface area contributed by atoms with E-state index in [9.17, 15) is 4.79 Å². The first kappa shape index (κ1) is 11.6. The zero-order chi connectivity index (χ0) is 11.7. The molecule has 0 spiro atoms. The number of carbonyl (C=O) groups excluding carboxylic acids is 1. The fourth-order valence-corrected chi connectivity index (χ4v) is 2.83. The summed E-state index contributed by atoms with van der Waals surface area (Å²) in [6.45, 7) is 0.544. The molecule has 1 amide bonds. The lowest BCUT2D eigenvalue weighted by Crippen LogP contribution is -2.25. The first-order valence-corrected chi connectivity index (χ1v) is 6.28. The summed E-state index contributed by atoms with van der Waals surface area (Å²) in [5.74, 6) is 3.26. The van der Waals surface area contributed by atoms with E-state index in [0.29, 0.717) is 18.8 Å². The Kier molecular flexibility index (Phi) is 3.31. The third-order valence-electron chi connectivity index (χ3n) is 2.40. The van der Waals surface area contributed by atoms with Crippen LogP contribution in [0.1, 0.15) is 6.42 Å². The summed E-state index contributed by atoms with van der Waals surface area (Å²) in [6.07, 6.45) is 7.40. The highest BCUT2D eigenvalue weighted by molar-refractivity contribution is 9.11. The fourth-order valence-electron chi connectivity index (χ4n) is 1.63. The molecule has 2 rings (SSSR count). The quantitative estimate of drug-likeness (QED) is 0.734. The lowest BCUT2D eigenvalue weighted by molar-refractivity contribution is -0.117. The zero-order valence-electron chi connectivity index (χ0n) is 8.28. The van der Waals surface area contributed by atoms with Gasteiger partial charge in [-0.05, 0) is 37.9 Å². The molecule has 1 aromatic heterocycles. The Hall–Kier alpha value is -0.860. The van der Waals surface area contributed by atoms with Gasteiger partial charge >= 0.3 is 0 Å². The summed E-state index contributed by atoms with van der Waals surface area (Å²) in [4.78, 5) is 17.6. The minimum atomic E-state index is -0.00940. The second-order valence-electron chi connectivity index (χ2n) is 3.53. The molecule has 1 aromatic rings. The Morgan fingerprint density at radius 1 is 1.56 bits per heavy atom. The summed E-state index contributed by atoms with van der Waals surface area (Å²) in [5.41, 5.74) is 0. The van der Waals surface area contributed by atoms with E-state index in [1.165, 1.54) is 0 Å². The van der Waals surface area contributed by atoms with Gasteiger partial charge in [-0.15, -0.1) is 12.3 Å². The van der Waals surface area contributed by atoms with Gasteiger partial charge in [-0.2, -0.15) is 0 Å². The normalized spacial score (nSPS) is 19.9. The Bertz CT molecular complexity index is 481. The molecule has 1 aliphatic rings. The largest absolute Gasteiger partial charge is 0.295 e. The summed E-state index contributed by atoms with van der Waals surface area (Å²) >= 11 is 6.71. The summed E-state index contributed by atoms with van der Waals surface area (Å²) < 4.78 is 1.65. The third-order valence-corrected chi connectivity index (χ3v) is 3.42. The van der Waals surface area contributed by atoms with Crippen LogP contribution in [0.25, 0.3) is 0 Å². The maximum absolute atomic E-state index is 11.7. The number of rotatable bonds is 1. The molecule has 1 atom stereocenters. The summed E-state index contributed by atoms with van der Waals surface area (Å²) in [7, 11) is 0. The molecule has 3 nitrogen and oxygen atoms in total. The molecular weight excluding hydrogens is 336 g/mol. The molecule has 0 aliphatic carbocycles. The van der Waals surface area contributed by atoms with Crippen molar-refractivity contribution in [3.8, 4) is 12.3 Å². The van der Waals surface area contributed by atoms with Gasteiger partial charge in [0, 0.05) is 29.6 Å². The first-order valence-electron chi connectivity index (χ1n) is 4.69. The molecule has 5 heteroatoms. The van der Waals surface area contributed by atoms with Gasteiger partial charge in [0.2, 0.25) is 5.91 Å². The molecule has 0 aromatic carbocycles.